The molecule has 2 N–H and O–H groups in total. The lowest BCUT2D eigenvalue weighted by Gasteiger charge is -2.30. The van der Waals surface area contributed by atoms with Crippen LogP contribution < -0.4 is 10.6 Å². The maximum atomic E-state index is 13.4. The van der Waals surface area contributed by atoms with Crippen molar-refractivity contribution in [3.05, 3.63) is 59.2 Å². The van der Waals surface area contributed by atoms with E-state index < -0.39 is 11.6 Å². The molecule has 1 aliphatic carbocycles. The number of fused-ring (bicyclic) bond motifs is 1. The Morgan fingerprint density at radius 3 is 2.72 bits per heavy atom. The molecule has 1 fully saturated rings. The standard InChI is InChI=1S/C19H18F2N2O.ClH/c20-15-7-6-11(9-16(15)21)13-10-14(13)19(24)23-8-2-3-12-17(22)4-1-5-18(12)23;/h1,4-7,9,13-14H,2-3,8,10,22H2;1H. The molecule has 1 aliphatic heterocycles. The van der Waals surface area contributed by atoms with E-state index in [1.165, 1.54) is 6.07 Å². The van der Waals surface area contributed by atoms with Crippen molar-refractivity contribution in [3.63, 3.8) is 0 Å². The largest absolute Gasteiger partial charge is 0.398 e. The van der Waals surface area contributed by atoms with Gasteiger partial charge in [0.15, 0.2) is 11.6 Å². The highest BCUT2D eigenvalue weighted by atomic mass is 35.5. The molecule has 2 aliphatic rings. The quantitative estimate of drug-likeness (QED) is 0.817. The highest BCUT2D eigenvalue weighted by Crippen LogP contribution is 2.49. The van der Waals surface area contributed by atoms with Gasteiger partial charge < -0.3 is 10.6 Å². The van der Waals surface area contributed by atoms with E-state index >= 15 is 0 Å². The summed E-state index contributed by atoms with van der Waals surface area (Å²) in [6, 6.07) is 9.54. The van der Waals surface area contributed by atoms with Crippen molar-refractivity contribution in [3.8, 4) is 0 Å². The molecule has 25 heavy (non-hydrogen) atoms. The van der Waals surface area contributed by atoms with E-state index in [1.54, 1.807) is 11.0 Å². The monoisotopic (exact) mass is 364 g/mol. The Balaban J connectivity index is 0.00000182. The number of hydrogen-bond acceptors (Lipinski definition) is 2. The summed E-state index contributed by atoms with van der Waals surface area (Å²) in [5, 5.41) is 0. The molecule has 4 rings (SSSR count). The maximum Gasteiger partial charge on any atom is 0.230 e. The van der Waals surface area contributed by atoms with Gasteiger partial charge in [-0.1, -0.05) is 12.1 Å². The molecule has 6 heteroatoms. The molecule has 0 radical (unpaired) electrons. The van der Waals surface area contributed by atoms with Crippen LogP contribution in [0.3, 0.4) is 0 Å². The maximum absolute atomic E-state index is 13.4. The molecule has 2 aromatic carbocycles. The minimum absolute atomic E-state index is 0. The van der Waals surface area contributed by atoms with Crippen molar-refractivity contribution < 1.29 is 13.6 Å². The first kappa shape index (κ1) is 17.7. The minimum Gasteiger partial charge on any atom is -0.398 e. The summed E-state index contributed by atoms with van der Waals surface area (Å²) in [4.78, 5) is 14.7. The van der Waals surface area contributed by atoms with Gasteiger partial charge in [0.25, 0.3) is 0 Å². The van der Waals surface area contributed by atoms with Crippen LogP contribution in [0, 0.1) is 17.6 Å². The van der Waals surface area contributed by atoms with Crippen LogP contribution >= 0.6 is 12.4 Å². The number of rotatable bonds is 2. The molecule has 1 saturated carbocycles. The summed E-state index contributed by atoms with van der Waals surface area (Å²) in [5.41, 5.74) is 9.36. The summed E-state index contributed by atoms with van der Waals surface area (Å²) >= 11 is 0. The van der Waals surface area contributed by atoms with Gasteiger partial charge in [-0.15, -0.1) is 12.4 Å². The molecule has 2 atom stereocenters. The third-order valence-electron chi connectivity index (χ3n) is 5.03. The number of nitrogen functional groups attached to an aromatic ring is 1. The Kier molecular flexibility index (Phi) is 4.69. The number of halogens is 3. The molecular weight excluding hydrogens is 346 g/mol. The highest BCUT2D eigenvalue weighted by molar-refractivity contribution is 5.99. The average molecular weight is 365 g/mol. The van der Waals surface area contributed by atoms with Gasteiger partial charge in [-0.05, 0) is 60.6 Å². The van der Waals surface area contributed by atoms with Crippen LogP contribution in [0.4, 0.5) is 20.2 Å². The fraction of sp³-hybridized carbons (Fsp3) is 0.316. The predicted molar refractivity (Wildman–Crippen MR) is 96.0 cm³/mol. The van der Waals surface area contributed by atoms with E-state index in [1.807, 2.05) is 18.2 Å². The third kappa shape index (κ3) is 3.09. The van der Waals surface area contributed by atoms with Crippen LogP contribution in [0.15, 0.2) is 36.4 Å². The van der Waals surface area contributed by atoms with E-state index in [4.69, 9.17) is 5.73 Å². The fourth-order valence-corrected chi connectivity index (χ4v) is 3.66. The second-order valence-corrected chi connectivity index (χ2v) is 6.56. The van der Waals surface area contributed by atoms with E-state index in [0.29, 0.717) is 18.5 Å². The van der Waals surface area contributed by atoms with E-state index in [9.17, 15) is 13.6 Å². The SMILES string of the molecule is Cl.Nc1cccc2c1CCCN2C(=O)C1CC1c1ccc(F)c(F)c1. The Morgan fingerprint density at radius 1 is 1.16 bits per heavy atom. The normalized spacial score (nSPS) is 21.3. The van der Waals surface area contributed by atoms with Crippen molar-refractivity contribution in [2.45, 2.75) is 25.2 Å². The Bertz CT molecular complexity index is 827. The van der Waals surface area contributed by atoms with Gasteiger partial charge in [0.1, 0.15) is 0 Å². The number of benzene rings is 2. The average Bonchev–Trinajstić information content (AvgIpc) is 3.37. The number of nitrogens with two attached hydrogens (primary N) is 1. The van der Waals surface area contributed by atoms with Gasteiger partial charge in [-0.2, -0.15) is 0 Å². The predicted octanol–water partition coefficient (Wildman–Crippen LogP) is 4.05. The lowest BCUT2D eigenvalue weighted by molar-refractivity contribution is -0.120. The lowest BCUT2D eigenvalue weighted by atomic mass is 9.99. The topological polar surface area (TPSA) is 46.3 Å². The Hall–Kier alpha value is -2.14. The molecule has 2 aromatic rings. The molecule has 0 bridgehead atoms. The van der Waals surface area contributed by atoms with Crippen molar-refractivity contribution in [2.75, 3.05) is 17.2 Å². The zero-order valence-corrected chi connectivity index (χ0v) is 14.4. The van der Waals surface area contributed by atoms with Gasteiger partial charge in [-0.25, -0.2) is 8.78 Å². The van der Waals surface area contributed by atoms with Crippen LogP contribution in [0.5, 0.6) is 0 Å². The van der Waals surface area contributed by atoms with Crippen LogP contribution in [-0.2, 0) is 11.2 Å². The molecule has 0 saturated heterocycles. The molecule has 2 unspecified atom stereocenters. The fourth-order valence-electron chi connectivity index (χ4n) is 3.66. The van der Waals surface area contributed by atoms with E-state index in [2.05, 4.69) is 0 Å². The highest BCUT2D eigenvalue weighted by Gasteiger charge is 2.46. The van der Waals surface area contributed by atoms with Crippen LogP contribution in [0.25, 0.3) is 0 Å². The first-order valence-corrected chi connectivity index (χ1v) is 8.20. The van der Waals surface area contributed by atoms with Gasteiger partial charge in [0.05, 0.1) is 0 Å². The Labute approximate surface area is 151 Å². The molecular formula is C19H19ClF2N2O. The second-order valence-electron chi connectivity index (χ2n) is 6.56. The van der Waals surface area contributed by atoms with Crippen LogP contribution in [0.2, 0.25) is 0 Å². The van der Waals surface area contributed by atoms with E-state index in [-0.39, 0.29) is 30.2 Å². The number of anilines is 2. The lowest BCUT2D eigenvalue weighted by Crippen LogP contribution is -2.37. The first-order chi connectivity index (χ1) is 11.6. The molecule has 3 nitrogen and oxygen atoms in total. The molecule has 0 aromatic heterocycles. The number of amides is 1. The van der Waals surface area contributed by atoms with Crippen molar-refractivity contribution in [1.29, 1.82) is 0 Å². The van der Waals surface area contributed by atoms with Crippen LogP contribution in [-0.4, -0.2) is 12.5 Å². The van der Waals surface area contributed by atoms with Crippen LogP contribution in [0.1, 0.15) is 29.9 Å². The zero-order valence-electron chi connectivity index (χ0n) is 13.5. The number of carbonyl (C=O) groups is 1. The van der Waals surface area contributed by atoms with Crippen molar-refractivity contribution >= 4 is 29.7 Å². The summed E-state index contributed by atoms with van der Waals surface area (Å²) in [6.07, 6.45) is 2.44. The second kappa shape index (κ2) is 6.64. The Morgan fingerprint density at radius 2 is 1.96 bits per heavy atom. The van der Waals surface area contributed by atoms with E-state index in [0.717, 1.165) is 35.8 Å². The molecule has 1 amide bonds. The van der Waals surface area contributed by atoms with Crippen molar-refractivity contribution in [1.82, 2.24) is 0 Å². The molecule has 1 heterocycles. The number of nitrogens with zero attached hydrogens (tertiary/aromatic N) is 1. The van der Waals surface area contributed by atoms with Gasteiger partial charge in [0.2, 0.25) is 5.91 Å². The third-order valence-corrected chi connectivity index (χ3v) is 5.03. The molecule has 132 valence electrons. The first-order valence-electron chi connectivity index (χ1n) is 8.20. The van der Waals surface area contributed by atoms with Gasteiger partial charge >= 0.3 is 0 Å². The smallest absolute Gasteiger partial charge is 0.230 e. The molecule has 0 spiro atoms. The van der Waals surface area contributed by atoms with Crippen molar-refractivity contribution in [2.24, 2.45) is 5.92 Å². The number of hydrogen-bond donors (Lipinski definition) is 1. The zero-order chi connectivity index (χ0) is 16.8. The number of carbonyl (C=O) groups excluding carboxylic acids is 1. The summed E-state index contributed by atoms with van der Waals surface area (Å²) in [7, 11) is 0. The van der Waals surface area contributed by atoms with Gasteiger partial charge in [-0.3, -0.25) is 4.79 Å². The summed E-state index contributed by atoms with van der Waals surface area (Å²) in [6.45, 7) is 0.677. The summed E-state index contributed by atoms with van der Waals surface area (Å²) < 4.78 is 26.5. The summed E-state index contributed by atoms with van der Waals surface area (Å²) in [5.74, 6) is -1.86. The minimum atomic E-state index is -0.860. The van der Waals surface area contributed by atoms with Gasteiger partial charge in [0, 0.05) is 23.8 Å².